The number of anilines is 2. The van der Waals surface area contributed by atoms with Gasteiger partial charge in [-0.3, -0.25) is 14.9 Å². The maximum absolute atomic E-state index is 12.4. The minimum atomic E-state index is -0.452. The molecule has 140 valence electrons. The van der Waals surface area contributed by atoms with Gasteiger partial charge in [0.2, 0.25) is 11.7 Å². The quantitative estimate of drug-likeness (QED) is 0.551. The van der Waals surface area contributed by atoms with Crippen molar-refractivity contribution in [3.05, 3.63) is 53.4 Å². The third-order valence-electron chi connectivity index (χ3n) is 3.86. The molecule has 0 radical (unpaired) electrons. The van der Waals surface area contributed by atoms with Gasteiger partial charge in [-0.15, -0.1) is 16.4 Å². The molecule has 9 nitrogen and oxygen atoms in total. The van der Waals surface area contributed by atoms with Gasteiger partial charge in [-0.1, -0.05) is 12.1 Å². The molecule has 2 amide bonds. The Morgan fingerprint density at radius 1 is 1.07 bits per heavy atom. The van der Waals surface area contributed by atoms with Crippen molar-refractivity contribution in [3.63, 3.8) is 0 Å². The highest BCUT2D eigenvalue weighted by Crippen LogP contribution is 2.26. The zero-order valence-corrected chi connectivity index (χ0v) is 15.8. The molecule has 0 aliphatic rings. The Bertz CT molecular complexity index is 1180. The Labute approximate surface area is 163 Å². The van der Waals surface area contributed by atoms with Crippen molar-refractivity contribution in [1.82, 2.24) is 24.6 Å². The zero-order chi connectivity index (χ0) is 19.7. The van der Waals surface area contributed by atoms with Crippen LogP contribution in [0.3, 0.4) is 0 Å². The number of nitrogens with one attached hydrogen (secondary N) is 2. The van der Waals surface area contributed by atoms with Crippen molar-refractivity contribution in [2.24, 2.45) is 0 Å². The Hall–Kier alpha value is -3.66. The monoisotopic (exact) mass is 393 g/mol. The molecule has 0 aliphatic heterocycles. The van der Waals surface area contributed by atoms with E-state index < -0.39 is 5.91 Å². The van der Waals surface area contributed by atoms with Crippen molar-refractivity contribution >= 4 is 39.7 Å². The van der Waals surface area contributed by atoms with Crippen LogP contribution in [0.2, 0.25) is 0 Å². The van der Waals surface area contributed by atoms with Crippen molar-refractivity contribution in [2.45, 2.75) is 13.8 Å². The number of thiazole rings is 1. The molecule has 4 rings (SSSR count). The summed E-state index contributed by atoms with van der Waals surface area (Å²) in [7, 11) is 0. The number of fused-ring (bicyclic) bond motifs is 1. The maximum atomic E-state index is 12.4. The molecule has 0 saturated carbocycles. The summed E-state index contributed by atoms with van der Waals surface area (Å²) in [6, 6.07) is 9.08. The maximum Gasteiger partial charge on any atom is 0.297 e. The van der Waals surface area contributed by atoms with E-state index in [4.69, 9.17) is 0 Å². The topological polar surface area (TPSA) is 114 Å². The second kappa shape index (κ2) is 7.16. The van der Waals surface area contributed by atoms with E-state index in [1.165, 1.54) is 22.8 Å². The fraction of sp³-hybridized carbons (Fsp3) is 0.111. The van der Waals surface area contributed by atoms with Gasteiger partial charge in [0.05, 0.1) is 5.69 Å². The van der Waals surface area contributed by atoms with E-state index in [-0.39, 0.29) is 11.7 Å². The zero-order valence-electron chi connectivity index (χ0n) is 15.0. The number of aromatic nitrogens is 5. The fourth-order valence-electron chi connectivity index (χ4n) is 2.55. The lowest BCUT2D eigenvalue weighted by Gasteiger charge is -2.02. The van der Waals surface area contributed by atoms with Crippen LogP contribution in [0.15, 0.2) is 41.9 Å². The second-order valence-electron chi connectivity index (χ2n) is 5.98. The van der Waals surface area contributed by atoms with Gasteiger partial charge in [0.25, 0.3) is 11.7 Å². The second-order valence-corrected chi connectivity index (χ2v) is 6.84. The molecule has 0 spiro atoms. The van der Waals surface area contributed by atoms with Gasteiger partial charge in [-0.25, -0.2) is 14.5 Å². The van der Waals surface area contributed by atoms with E-state index in [0.717, 1.165) is 17.0 Å². The lowest BCUT2D eigenvalue weighted by Crippen LogP contribution is -2.13. The molecule has 0 bridgehead atoms. The summed E-state index contributed by atoms with van der Waals surface area (Å²) in [5.74, 6) is -0.188. The minimum Gasteiger partial charge on any atom is -0.326 e. The Morgan fingerprint density at radius 2 is 1.86 bits per heavy atom. The predicted octanol–water partition coefficient (Wildman–Crippen LogP) is 2.77. The molecule has 0 aliphatic carbocycles. The molecule has 0 unspecified atom stereocenters. The highest BCUT2D eigenvalue weighted by atomic mass is 32.1. The first-order chi connectivity index (χ1) is 13.5. The van der Waals surface area contributed by atoms with E-state index >= 15 is 0 Å². The van der Waals surface area contributed by atoms with Crippen LogP contribution in [-0.4, -0.2) is 36.4 Å². The summed E-state index contributed by atoms with van der Waals surface area (Å²) in [5.41, 5.74) is 3.13. The molecule has 3 heterocycles. The van der Waals surface area contributed by atoms with E-state index in [0.29, 0.717) is 16.6 Å². The van der Waals surface area contributed by atoms with E-state index in [9.17, 15) is 9.59 Å². The predicted molar refractivity (Wildman–Crippen MR) is 105 cm³/mol. The summed E-state index contributed by atoms with van der Waals surface area (Å²) >= 11 is 1.30. The molecule has 10 heteroatoms. The Morgan fingerprint density at radius 3 is 2.57 bits per heavy atom. The summed E-state index contributed by atoms with van der Waals surface area (Å²) in [6.45, 7) is 3.31. The van der Waals surface area contributed by atoms with Crippen LogP contribution in [-0.2, 0) is 4.79 Å². The number of benzene rings is 1. The van der Waals surface area contributed by atoms with Crippen molar-refractivity contribution < 1.29 is 9.59 Å². The highest BCUT2D eigenvalue weighted by molar-refractivity contribution is 7.14. The molecule has 28 heavy (non-hydrogen) atoms. The largest absolute Gasteiger partial charge is 0.326 e. The third-order valence-corrected chi connectivity index (χ3v) is 4.62. The Balaban J connectivity index is 1.50. The van der Waals surface area contributed by atoms with Crippen LogP contribution < -0.4 is 10.6 Å². The minimum absolute atomic E-state index is 0.0261. The van der Waals surface area contributed by atoms with Gasteiger partial charge in [-0.05, 0) is 25.1 Å². The number of carbonyl (C=O) groups excluding carboxylic acids is 2. The molecule has 0 atom stereocenters. The lowest BCUT2D eigenvalue weighted by molar-refractivity contribution is -0.114. The van der Waals surface area contributed by atoms with Crippen LogP contribution in [0.25, 0.3) is 17.0 Å². The summed E-state index contributed by atoms with van der Waals surface area (Å²) in [6.07, 6.45) is 1.62. The normalized spacial score (nSPS) is 10.8. The van der Waals surface area contributed by atoms with E-state index in [1.807, 2.05) is 24.4 Å². The lowest BCUT2D eigenvalue weighted by atomic mass is 10.1. The highest BCUT2D eigenvalue weighted by Gasteiger charge is 2.16. The number of aryl methyl sites for hydroxylation is 1. The number of carbonyl (C=O) groups is 2. The van der Waals surface area contributed by atoms with Gasteiger partial charge in [0.1, 0.15) is 0 Å². The van der Waals surface area contributed by atoms with Crippen LogP contribution in [0.1, 0.15) is 23.2 Å². The first-order valence-electron chi connectivity index (χ1n) is 8.33. The van der Waals surface area contributed by atoms with Crippen LogP contribution >= 0.6 is 11.3 Å². The van der Waals surface area contributed by atoms with Crippen molar-refractivity contribution in [1.29, 1.82) is 0 Å². The molecule has 0 fully saturated rings. The van der Waals surface area contributed by atoms with Gasteiger partial charge < -0.3 is 5.32 Å². The molecule has 2 N–H and O–H groups in total. The molecule has 1 aromatic carbocycles. The van der Waals surface area contributed by atoms with Crippen LogP contribution in [0.4, 0.5) is 10.8 Å². The van der Waals surface area contributed by atoms with Crippen LogP contribution in [0.5, 0.6) is 0 Å². The average molecular weight is 393 g/mol. The molecule has 0 saturated heterocycles. The molecular weight excluding hydrogens is 378 g/mol. The average Bonchev–Trinajstić information content (AvgIpc) is 3.30. The van der Waals surface area contributed by atoms with E-state index in [1.54, 1.807) is 24.4 Å². The SMILES string of the molecule is CC(=O)Nc1ccc(-c2csc(NC(=O)c3nc4nccc(C)n4n3)n2)cc1. The molecule has 3 aromatic heterocycles. The molecule has 4 aromatic rings. The van der Waals surface area contributed by atoms with Gasteiger partial charge in [0, 0.05) is 35.4 Å². The first kappa shape index (κ1) is 17.7. The first-order valence-corrected chi connectivity index (χ1v) is 9.21. The summed E-state index contributed by atoms with van der Waals surface area (Å²) < 4.78 is 1.51. The standard InChI is InChI=1S/C18H15N7O2S/c1-10-7-8-19-17-22-15(24-25(10)17)16(27)23-18-21-14(9-28-18)12-3-5-13(6-4-12)20-11(2)26/h3-9H,1-2H3,(H,20,26)(H,21,23,27). The number of amides is 2. The van der Waals surface area contributed by atoms with Crippen molar-refractivity contribution in [3.8, 4) is 11.3 Å². The summed E-state index contributed by atoms with van der Waals surface area (Å²) in [5, 5.41) is 11.9. The van der Waals surface area contributed by atoms with Crippen LogP contribution in [0, 0.1) is 6.92 Å². The third kappa shape index (κ3) is 3.58. The van der Waals surface area contributed by atoms with E-state index in [2.05, 4.69) is 30.7 Å². The number of nitrogens with zero attached hydrogens (tertiary/aromatic N) is 5. The molecular formula is C18H15N7O2S. The number of rotatable bonds is 4. The van der Waals surface area contributed by atoms with Gasteiger partial charge in [-0.2, -0.15) is 4.98 Å². The van der Waals surface area contributed by atoms with Crippen molar-refractivity contribution in [2.75, 3.05) is 10.6 Å². The van der Waals surface area contributed by atoms with Gasteiger partial charge >= 0.3 is 0 Å². The fourth-order valence-corrected chi connectivity index (χ4v) is 3.26. The summed E-state index contributed by atoms with van der Waals surface area (Å²) in [4.78, 5) is 36.2. The smallest absolute Gasteiger partial charge is 0.297 e. The Kier molecular flexibility index (Phi) is 4.53. The van der Waals surface area contributed by atoms with Gasteiger partial charge in [0.15, 0.2) is 5.13 Å². The number of hydrogen-bond donors (Lipinski definition) is 2. The number of hydrogen-bond acceptors (Lipinski definition) is 7.